The maximum absolute atomic E-state index is 2.49. The highest BCUT2D eigenvalue weighted by atomic mass is 15.2. The van der Waals surface area contributed by atoms with Crippen LogP contribution in [0.1, 0.15) is 136 Å². The highest BCUT2D eigenvalue weighted by molar-refractivity contribution is 5.96. The van der Waals surface area contributed by atoms with Crippen LogP contribution in [-0.2, 0) is 16.2 Å². The van der Waals surface area contributed by atoms with Crippen LogP contribution >= 0.6 is 0 Å². The van der Waals surface area contributed by atoms with Gasteiger partial charge in [-0.1, -0.05) is 308 Å². The lowest BCUT2D eigenvalue weighted by Gasteiger charge is -2.39. The lowest BCUT2D eigenvalue weighted by atomic mass is 9.70. The van der Waals surface area contributed by atoms with Gasteiger partial charge in [-0.3, -0.25) is 0 Å². The minimum absolute atomic E-state index is 0.00264. The molecule has 0 amide bonds. The summed E-state index contributed by atoms with van der Waals surface area (Å²) in [6, 6.07) is 127. The molecule has 3 heteroatoms. The lowest BCUT2D eigenvalue weighted by molar-refractivity contribution is 0.559. The van der Waals surface area contributed by atoms with E-state index in [0.29, 0.717) is 0 Å². The Balaban J connectivity index is 0.000000130. The molecule has 14 aromatic carbocycles. The van der Waals surface area contributed by atoms with Crippen molar-refractivity contribution in [2.45, 2.75) is 130 Å². The quantitative estimate of drug-likeness (QED) is 0.135. The smallest absolute Gasteiger partial charge is 0.0726 e. The van der Waals surface area contributed by atoms with E-state index in [1.54, 1.807) is 0 Å². The minimum atomic E-state index is -0.337. The van der Waals surface area contributed by atoms with Gasteiger partial charge in [0.25, 0.3) is 0 Å². The highest BCUT2D eigenvalue weighted by Gasteiger charge is 2.52. The number of hydrogen-bond donors (Lipinski definition) is 0. The van der Waals surface area contributed by atoms with E-state index < -0.39 is 0 Å². The van der Waals surface area contributed by atoms with Crippen LogP contribution in [0.4, 0.5) is 34.1 Å². The number of nitrogens with zero attached hydrogens (tertiary/aromatic N) is 3. The van der Waals surface area contributed by atoms with Crippen molar-refractivity contribution in [3.63, 3.8) is 0 Å². The summed E-state index contributed by atoms with van der Waals surface area (Å²) in [6.45, 7) is 32.0. The van der Waals surface area contributed by atoms with E-state index in [4.69, 9.17) is 0 Å². The summed E-state index contributed by atoms with van der Waals surface area (Å²) >= 11 is 0. The normalized spacial score (nSPS) is 13.3. The molecule has 0 aromatic heterocycles. The van der Waals surface area contributed by atoms with Gasteiger partial charge in [-0.25, -0.2) is 0 Å². The third-order valence-corrected chi connectivity index (χ3v) is 22.0. The first-order valence-corrected chi connectivity index (χ1v) is 38.1. The second-order valence-corrected chi connectivity index (χ2v) is 33.6. The van der Waals surface area contributed by atoms with Crippen LogP contribution in [0.25, 0.3) is 77.9 Å². The second-order valence-electron chi connectivity index (χ2n) is 33.6. The predicted molar refractivity (Wildman–Crippen MR) is 459 cm³/mol. The SMILES string of the molecule is CC(C)(C)N(c1ccc(-c2ccccc2)cc1)c1ccc2c(c1)C1(c3ccccc3-c3ccccc31)c1ccccc1-2.CC(C)(C)c1ccc(N(c2ccc(-c3ccc(-c4ccccc4)cc3)cc2)C(C)(C)C)cc1.CC1(C)c2ccccc2-c2ccc(N(c3ccc(-c4ccccc4)cc3)C(C)(C)C)cc21. The number of fused-ring (bicyclic) bond motifs is 13. The van der Waals surface area contributed by atoms with Crippen molar-refractivity contribution in [2.24, 2.45) is 0 Å². The predicted octanol–water partition coefficient (Wildman–Crippen LogP) is 28.5. The molecule has 0 N–H and O–H groups in total. The average molecular weight is 1390 g/mol. The fourth-order valence-corrected chi connectivity index (χ4v) is 17.1. The van der Waals surface area contributed by atoms with E-state index in [9.17, 15) is 0 Å². The molecular formula is C104H99N3. The third kappa shape index (κ3) is 13.5. The topological polar surface area (TPSA) is 9.72 Å². The number of rotatable bonds is 10. The zero-order chi connectivity index (χ0) is 74.6. The molecule has 0 bridgehead atoms. The average Bonchev–Trinajstić information content (AvgIpc) is 1.51. The van der Waals surface area contributed by atoms with Gasteiger partial charge in [0.05, 0.1) is 5.41 Å². The van der Waals surface area contributed by atoms with E-state index >= 15 is 0 Å². The second kappa shape index (κ2) is 28.1. The van der Waals surface area contributed by atoms with Gasteiger partial charge in [-0.05, 0) is 257 Å². The molecule has 3 aliphatic rings. The molecule has 0 fully saturated rings. The van der Waals surface area contributed by atoms with Crippen LogP contribution in [0.5, 0.6) is 0 Å². The molecule has 0 atom stereocenters. The van der Waals surface area contributed by atoms with Gasteiger partial charge in [-0.15, -0.1) is 0 Å². The molecule has 0 unspecified atom stereocenters. The van der Waals surface area contributed by atoms with Crippen molar-refractivity contribution in [2.75, 3.05) is 14.7 Å². The van der Waals surface area contributed by atoms with Crippen LogP contribution in [0, 0.1) is 0 Å². The molecular weight excluding hydrogens is 1290 g/mol. The van der Waals surface area contributed by atoms with E-state index in [-0.39, 0.29) is 32.9 Å². The van der Waals surface area contributed by atoms with Crippen LogP contribution < -0.4 is 14.7 Å². The Morgan fingerprint density at radius 2 is 0.421 bits per heavy atom. The summed E-state index contributed by atoms with van der Waals surface area (Å²) in [6.07, 6.45) is 0. The van der Waals surface area contributed by atoms with Crippen molar-refractivity contribution in [3.05, 3.63) is 385 Å². The summed E-state index contributed by atoms with van der Waals surface area (Å²) in [5, 5.41) is 0. The Bertz CT molecular complexity index is 5410. The van der Waals surface area contributed by atoms with Crippen molar-refractivity contribution in [1.82, 2.24) is 0 Å². The van der Waals surface area contributed by atoms with E-state index in [1.807, 2.05) is 0 Å². The molecule has 0 saturated heterocycles. The first kappa shape index (κ1) is 71.1. The van der Waals surface area contributed by atoms with Gasteiger partial charge < -0.3 is 14.7 Å². The molecule has 0 aliphatic heterocycles. The van der Waals surface area contributed by atoms with Gasteiger partial charge in [0.1, 0.15) is 0 Å². The Kier molecular flexibility index (Phi) is 18.7. The van der Waals surface area contributed by atoms with Crippen molar-refractivity contribution in [3.8, 4) is 77.9 Å². The number of hydrogen-bond acceptors (Lipinski definition) is 3. The summed E-state index contributed by atoms with van der Waals surface area (Å²) < 4.78 is 0. The third-order valence-electron chi connectivity index (χ3n) is 22.0. The molecule has 17 rings (SSSR count). The maximum Gasteiger partial charge on any atom is 0.0726 e. The molecule has 0 radical (unpaired) electrons. The Hall–Kier alpha value is -11.5. The zero-order valence-electron chi connectivity index (χ0n) is 64.8. The highest BCUT2D eigenvalue weighted by Crippen LogP contribution is 2.63. The summed E-state index contributed by atoms with van der Waals surface area (Å²) in [7, 11) is 0. The van der Waals surface area contributed by atoms with Crippen LogP contribution in [0.3, 0.4) is 0 Å². The number of anilines is 6. The van der Waals surface area contributed by atoms with Crippen molar-refractivity contribution >= 4 is 34.1 Å². The van der Waals surface area contributed by atoms with Gasteiger partial charge in [-0.2, -0.15) is 0 Å². The van der Waals surface area contributed by atoms with Crippen LogP contribution in [0.2, 0.25) is 0 Å². The maximum atomic E-state index is 2.49. The first-order chi connectivity index (χ1) is 51.4. The van der Waals surface area contributed by atoms with E-state index in [0.717, 1.165) is 0 Å². The molecule has 1 spiro atoms. The Morgan fingerprint density at radius 3 is 0.738 bits per heavy atom. The molecule has 0 saturated carbocycles. The fraction of sp³-hybridized carbons (Fsp3) is 0.192. The molecule has 107 heavy (non-hydrogen) atoms. The lowest BCUT2D eigenvalue weighted by Crippen LogP contribution is -2.37. The summed E-state index contributed by atoms with van der Waals surface area (Å²) in [5.74, 6) is 0. The van der Waals surface area contributed by atoms with E-state index in [1.165, 1.54) is 151 Å². The van der Waals surface area contributed by atoms with Crippen LogP contribution in [0.15, 0.2) is 346 Å². The summed E-state index contributed by atoms with van der Waals surface area (Å²) in [5.41, 5.74) is 34.6. The van der Waals surface area contributed by atoms with Gasteiger partial charge in [0.15, 0.2) is 0 Å². The van der Waals surface area contributed by atoms with Gasteiger partial charge in [0.2, 0.25) is 0 Å². The van der Waals surface area contributed by atoms with Gasteiger partial charge in [0, 0.05) is 56.2 Å². The molecule has 3 nitrogen and oxygen atoms in total. The minimum Gasteiger partial charge on any atom is -0.336 e. The molecule has 0 heterocycles. The molecule has 14 aromatic rings. The first-order valence-electron chi connectivity index (χ1n) is 38.1. The van der Waals surface area contributed by atoms with Crippen molar-refractivity contribution < 1.29 is 0 Å². The van der Waals surface area contributed by atoms with E-state index in [2.05, 4.69) is 457 Å². The standard InChI is InChI=1S/C41H33N.C32H35N.C31H31N/c1-40(2,3)42(30-23-21-29(22-24-30)28-13-5-4-6-14-28)31-25-26-35-34-17-9-12-20-38(34)41(39(35)27-31)36-18-10-7-15-32(36)33-16-8-11-19-37(33)41;1-31(2,3)28-18-22-30(23-19-28)33(32(4,5)6)29-20-16-27(17-21-29)26-14-12-25(13-15-26)24-10-8-7-9-11-24;1-30(2,3)32(24-17-15-23(16-18-24)22-11-7-6-8-12-22)25-19-20-27-26-13-9-10-14-28(26)31(4,5)29(27)21-25/h4-27H,1-3H3;7-23H,1-6H3;6-21H,1-5H3. The number of benzene rings is 14. The Labute approximate surface area is 637 Å². The van der Waals surface area contributed by atoms with Crippen molar-refractivity contribution in [1.29, 1.82) is 0 Å². The summed E-state index contributed by atoms with van der Waals surface area (Å²) in [4.78, 5) is 7.37. The molecule has 530 valence electrons. The fourth-order valence-electron chi connectivity index (χ4n) is 17.1. The zero-order valence-corrected chi connectivity index (χ0v) is 64.8. The Morgan fingerprint density at radius 1 is 0.196 bits per heavy atom. The van der Waals surface area contributed by atoms with Crippen LogP contribution in [-0.4, -0.2) is 16.6 Å². The van der Waals surface area contributed by atoms with Gasteiger partial charge >= 0.3 is 0 Å². The largest absolute Gasteiger partial charge is 0.336 e. The monoisotopic (exact) mass is 1390 g/mol. The molecule has 3 aliphatic carbocycles.